The van der Waals surface area contributed by atoms with Crippen molar-refractivity contribution < 1.29 is 26.7 Å². The van der Waals surface area contributed by atoms with Gasteiger partial charge in [0.15, 0.2) is 0 Å². The monoisotopic (exact) mass is 531 g/mol. The van der Waals surface area contributed by atoms with Crippen molar-refractivity contribution in [2.75, 3.05) is 39.3 Å². The molecule has 2 aromatic rings. The number of aromatic nitrogens is 4. The Kier molecular flexibility index (Phi) is 5.56. The molecule has 4 fully saturated rings. The van der Waals surface area contributed by atoms with Crippen molar-refractivity contribution in [3.8, 4) is 0 Å². The minimum absolute atomic E-state index is 0.00538. The van der Waals surface area contributed by atoms with Crippen LogP contribution in [0, 0.1) is 10.8 Å². The Morgan fingerprint density at radius 2 is 1.69 bits per heavy atom. The van der Waals surface area contributed by atoms with Gasteiger partial charge in [-0.15, -0.1) is 16.4 Å². The van der Waals surface area contributed by atoms with Crippen LogP contribution in [-0.4, -0.2) is 79.7 Å². The minimum atomic E-state index is -4.54. The number of halogens is 5. The van der Waals surface area contributed by atoms with Crippen LogP contribution in [0.2, 0.25) is 0 Å². The predicted octanol–water partition coefficient (Wildman–Crippen LogP) is 4.05. The molecule has 2 amide bonds. The number of carbonyl (C=O) groups excluding carboxylic acids is 1. The first-order valence-electron chi connectivity index (χ1n) is 12.0. The van der Waals surface area contributed by atoms with E-state index in [1.807, 2.05) is 9.80 Å². The second-order valence-electron chi connectivity index (χ2n) is 10.8. The van der Waals surface area contributed by atoms with E-state index in [9.17, 15) is 26.7 Å². The van der Waals surface area contributed by atoms with Crippen molar-refractivity contribution in [3.05, 3.63) is 28.2 Å². The largest absolute Gasteiger partial charge is 0.453 e. The number of carbonyl (C=O) groups is 1. The van der Waals surface area contributed by atoms with E-state index in [2.05, 4.69) is 20.0 Å². The van der Waals surface area contributed by atoms with Crippen molar-refractivity contribution in [2.45, 2.75) is 50.9 Å². The molecule has 8 nitrogen and oxygen atoms in total. The first kappa shape index (κ1) is 24.0. The average Bonchev–Trinajstić information content (AvgIpc) is 3.40. The van der Waals surface area contributed by atoms with E-state index in [4.69, 9.17) is 0 Å². The standard InChI is InChI=1S/C22H26F5N7OS/c23-17(24)15-7-28-16(36-15)8-31-3-1-20(2-4-31)9-32(10-20)19(35)33-11-21(12-33)5-14(6-21)34-13-29-18(30-34)22(25,26)27/h7,13-14,17H,1-6,8-12H2. The summed E-state index contributed by atoms with van der Waals surface area (Å²) in [5, 5.41) is 4.28. The Morgan fingerprint density at radius 3 is 2.25 bits per heavy atom. The van der Waals surface area contributed by atoms with Gasteiger partial charge in [-0.1, -0.05) is 0 Å². The second kappa shape index (κ2) is 8.33. The molecule has 2 aromatic heterocycles. The van der Waals surface area contributed by atoms with E-state index < -0.39 is 18.4 Å². The predicted molar refractivity (Wildman–Crippen MR) is 118 cm³/mol. The van der Waals surface area contributed by atoms with Crippen LogP contribution in [0.4, 0.5) is 26.7 Å². The second-order valence-corrected chi connectivity index (χ2v) is 12.0. The molecule has 196 valence electrons. The Labute approximate surface area is 208 Å². The normalized spacial score (nSPS) is 23.7. The summed E-state index contributed by atoms with van der Waals surface area (Å²) in [6.45, 7) is 5.04. The number of alkyl halides is 5. The quantitative estimate of drug-likeness (QED) is 0.557. The Hall–Kier alpha value is -2.35. The smallest absolute Gasteiger partial charge is 0.323 e. The number of urea groups is 1. The third kappa shape index (κ3) is 4.25. The van der Waals surface area contributed by atoms with Crippen molar-refractivity contribution in [3.63, 3.8) is 0 Å². The average molecular weight is 532 g/mol. The highest BCUT2D eigenvalue weighted by Gasteiger charge is 2.57. The summed E-state index contributed by atoms with van der Waals surface area (Å²) in [6.07, 6.45) is -1.28. The van der Waals surface area contributed by atoms with Gasteiger partial charge in [-0.3, -0.25) is 4.90 Å². The van der Waals surface area contributed by atoms with Crippen LogP contribution in [0.25, 0.3) is 0 Å². The summed E-state index contributed by atoms with van der Waals surface area (Å²) in [4.78, 5) is 26.4. The molecule has 14 heteroatoms. The molecule has 1 aliphatic carbocycles. The van der Waals surface area contributed by atoms with E-state index in [0.717, 1.165) is 56.7 Å². The molecule has 1 saturated carbocycles. The fraction of sp³-hybridized carbons (Fsp3) is 0.727. The molecule has 0 radical (unpaired) electrons. The van der Waals surface area contributed by atoms with Gasteiger partial charge in [0.1, 0.15) is 11.3 Å². The highest BCUT2D eigenvalue weighted by Crippen LogP contribution is 2.54. The topological polar surface area (TPSA) is 70.4 Å². The van der Waals surface area contributed by atoms with Gasteiger partial charge in [-0.25, -0.2) is 28.2 Å². The molecule has 4 aliphatic rings. The number of rotatable bonds is 4. The molecular weight excluding hydrogens is 505 g/mol. The van der Waals surface area contributed by atoms with Crippen molar-refractivity contribution in [2.24, 2.45) is 10.8 Å². The third-order valence-corrected chi connectivity index (χ3v) is 9.17. The molecule has 0 N–H and O–H groups in total. The number of hydrogen-bond acceptors (Lipinski definition) is 6. The molecular formula is C22H26F5N7OS. The van der Waals surface area contributed by atoms with Crippen LogP contribution in [-0.2, 0) is 12.7 Å². The molecule has 0 bridgehead atoms. The number of piperidine rings is 1. The molecule has 2 spiro atoms. The zero-order valence-electron chi connectivity index (χ0n) is 19.4. The van der Waals surface area contributed by atoms with Gasteiger partial charge >= 0.3 is 12.2 Å². The van der Waals surface area contributed by atoms with Crippen LogP contribution in [0.5, 0.6) is 0 Å². The fourth-order valence-electron chi connectivity index (χ4n) is 6.15. The summed E-state index contributed by atoms with van der Waals surface area (Å²) in [5.74, 6) is -1.12. The van der Waals surface area contributed by atoms with E-state index in [0.29, 0.717) is 37.5 Å². The molecule has 36 heavy (non-hydrogen) atoms. The van der Waals surface area contributed by atoms with E-state index in [1.165, 1.54) is 10.9 Å². The number of amides is 2. The maximum Gasteiger partial charge on any atom is 0.453 e. The molecule has 0 atom stereocenters. The Bertz CT molecular complexity index is 1120. The van der Waals surface area contributed by atoms with Gasteiger partial charge in [0.05, 0.1) is 17.5 Å². The Morgan fingerprint density at radius 1 is 1.06 bits per heavy atom. The van der Waals surface area contributed by atoms with Crippen LogP contribution >= 0.6 is 11.3 Å². The van der Waals surface area contributed by atoms with Gasteiger partial charge in [-0.05, 0) is 38.8 Å². The Balaban J connectivity index is 0.926. The van der Waals surface area contributed by atoms with Gasteiger partial charge < -0.3 is 9.80 Å². The molecule has 6 rings (SSSR count). The zero-order chi connectivity index (χ0) is 25.3. The molecule has 3 aliphatic heterocycles. The highest BCUT2D eigenvalue weighted by molar-refractivity contribution is 7.11. The van der Waals surface area contributed by atoms with Crippen LogP contribution < -0.4 is 0 Å². The van der Waals surface area contributed by atoms with Gasteiger partial charge in [0.2, 0.25) is 0 Å². The summed E-state index contributed by atoms with van der Waals surface area (Å²) in [6, 6.07) is -0.0609. The van der Waals surface area contributed by atoms with Crippen molar-refractivity contribution in [1.82, 2.24) is 34.4 Å². The first-order chi connectivity index (χ1) is 17.0. The van der Waals surface area contributed by atoms with E-state index >= 15 is 0 Å². The van der Waals surface area contributed by atoms with Crippen LogP contribution in [0.3, 0.4) is 0 Å². The lowest BCUT2D eigenvalue weighted by Crippen LogP contribution is -2.70. The molecule has 3 saturated heterocycles. The van der Waals surface area contributed by atoms with Crippen molar-refractivity contribution in [1.29, 1.82) is 0 Å². The molecule has 0 aromatic carbocycles. The van der Waals surface area contributed by atoms with Crippen LogP contribution in [0.15, 0.2) is 12.5 Å². The molecule has 0 unspecified atom stereocenters. The lowest BCUT2D eigenvalue weighted by molar-refractivity contribution is -0.145. The molecule has 5 heterocycles. The summed E-state index contributed by atoms with van der Waals surface area (Å²) in [5.41, 5.74) is 0.120. The lowest BCUT2D eigenvalue weighted by atomic mass is 9.60. The maximum atomic E-state index is 12.9. The number of likely N-dealkylation sites (tertiary alicyclic amines) is 3. The summed E-state index contributed by atoms with van der Waals surface area (Å²) >= 11 is 1.06. The minimum Gasteiger partial charge on any atom is -0.323 e. The third-order valence-electron chi connectivity index (χ3n) is 8.18. The van der Waals surface area contributed by atoms with Gasteiger partial charge in [0.25, 0.3) is 12.2 Å². The lowest BCUT2D eigenvalue weighted by Gasteiger charge is -2.61. The number of nitrogens with zero attached hydrogens (tertiary/aromatic N) is 7. The van der Waals surface area contributed by atoms with E-state index in [1.54, 1.807) is 0 Å². The first-order valence-corrected chi connectivity index (χ1v) is 12.8. The number of thiazole rings is 1. The zero-order valence-corrected chi connectivity index (χ0v) is 20.2. The number of hydrogen-bond donors (Lipinski definition) is 0. The summed E-state index contributed by atoms with van der Waals surface area (Å²) in [7, 11) is 0. The fourth-order valence-corrected chi connectivity index (χ4v) is 6.97. The van der Waals surface area contributed by atoms with Crippen LogP contribution in [0.1, 0.15) is 53.9 Å². The summed E-state index contributed by atoms with van der Waals surface area (Å²) < 4.78 is 65.0. The van der Waals surface area contributed by atoms with E-state index in [-0.39, 0.29) is 27.8 Å². The highest BCUT2D eigenvalue weighted by atomic mass is 32.1. The van der Waals surface area contributed by atoms with Crippen molar-refractivity contribution >= 4 is 17.4 Å². The maximum absolute atomic E-state index is 12.9. The SMILES string of the molecule is O=C(N1CC2(CCN(Cc3ncc(C(F)F)s3)CC2)C1)N1CC2(CC(n3cnc(C(F)(F)F)n3)C2)C1. The van der Waals surface area contributed by atoms with Gasteiger partial charge in [-0.2, -0.15) is 13.2 Å². The van der Waals surface area contributed by atoms with Gasteiger partial charge in [0, 0.05) is 43.2 Å².